The Hall–Kier alpha value is -1.53. The van der Waals surface area contributed by atoms with Gasteiger partial charge in [0.2, 0.25) is 5.91 Å². The molecule has 110 valence electrons. The molecule has 0 aliphatic heterocycles. The van der Waals surface area contributed by atoms with Crippen molar-refractivity contribution in [3.05, 3.63) is 35.9 Å². The Morgan fingerprint density at radius 1 is 1.35 bits per heavy atom. The Kier molecular flexibility index (Phi) is 7.75. The average Bonchev–Trinajstić information content (AvgIpc) is 2.43. The molecule has 1 amide bonds. The number of methoxy groups -OCH3 is 1. The summed E-state index contributed by atoms with van der Waals surface area (Å²) >= 11 is 1.46. The molecule has 1 aromatic carbocycles. The number of carbonyl (C=O) groups excluding carboxylic acids is 1. The highest BCUT2D eigenvalue weighted by Crippen LogP contribution is 2.16. The van der Waals surface area contributed by atoms with E-state index >= 15 is 0 Å². The largest absolute Gasteiger partial charge is 0.481 e. The van der Waals surface area contributed by atoms with E-state index in [1.54, 1.807) is 7.11 Å². The first kappa shape index (κ1) is 16.5. The van der Waals surface area contributed by atoms with Crippen molar-refractivity contribution in [2.24, 2.45) is 0 Å². The molecule has 1 atom stereocenters. The highest BCUT2D eigenvalue weighted by Gasteiger charge is 2.17. The Morgan fingerprint density at radius 3 is 2.65 bits per heavy atom. The van der Waals surface area contributed by atoms with Crippen LogP contribution in [0.3, 0.4) is 0 Å². The van der Waals surface area contributed by atoms with E-state index in [0.29, 0.717) is 12.4 Å². The van der Waals surface area contributed by atoms with Crippen molar-refractivity contribution in [3.8, 4) is 0 Å². The maximum absolute atomic E-state index is 11.8. The topological polar surface area (TPSA) is 75.6 Å². The lowest BCUT2D eigenvalue weighted by atomic mass is 10.0. The molecule has 0 bridgehead atoms. The Labute approximate surface area is 122 Å². The normalized spacial score (nSPS) is 11.8. The van der Waals surface area contributed by atoms with Crippen LogP contribution >= 0.6 is 11.8 Å². The predicted molar refractivity (Wildman–Crippen MR) is 78.8 cm³/mol. The van der Waals surface area contributed by atoms with Crippen LogP contribution in [-0.4, -0.2) is 42.2 Å². The molecule has 1 rings (SSSR count). The summed E-state index contributed by atoms with van der Waals surface area (Å²) in [6.07, 6.45) is -0.126. The third kappa shape index (κ3) is 6.58. The van der Waals surface area contributed by atoms with E-state index in [0.717, 1.165) is 11.3 Å². The lowest BCUT2D eigenvalue weighted by Crippen LogP contribution is -2.31. The summed E-state index contributed by atoms with van der Waals surface area (Å²) in [5.74, 6) is -0.0714. The van der Waals surface area contributed by atoms with Crippen LogP contribution in [0.5, 0.6) is 0 Å². The molecule has 0 saturated carbocycles. The molecule has 0 aliphatic carbocycles. The summed E-state index contributed by atoms with van der Waals surface area (Å²) < 4.78 is 4.90. The number of aliphatic carboxylic acids is 1. The number of thioether (sulfide) groups is 1. The van der Waals surface area contributed by atoms with E-state index in [1.807, 2.05) is 30.3 Å². The van der Waals surface area contributed by atoms with Gasteiger partial charge in [0.05, 0.1) is 24.8 Å². The average molecular weight is 297 g/mol. The van der Waals surface area contributed by atoms with Crippen molar-refractivity contribution < 1.29 is 19.4 Å². The molecule has 0 aliphatic rings. The van der Waals surface area contributed by atoms with Crippen LogP contribution < -0.4 is 5.32 Å². The van der Waals surface area contributed by atoms with Crippen molar-refractivity contribution in [2.75, 3.05) is 25.2 Å². The van der Waals surface area contributed by atoms with Crippen molar-refractivity contribution >= 4 is 23.6 Å². The number of hydrogen-bond acceptors (Lipinski definition) is 4. The highest BCUT2D eigenvalue weighted by atomic mass is 32.2. The number of carboxylic acids is 1. The number of carboxylic acid groups (broad SMARTS) is 1. The molecule has 5 nitrogen and oxygen atoms in total. The molecular formula is C14H19NO4S. The molecule has 0 radical (unpaired) electrons. The summed E-state index contributed by atoms with van der Waals surface area (Å²) in [5.41, 5.74) is 0.796. The summed E-state index contributed by atoms with van der Waals surface area (Å²) in [5, 5.41) is 11.7. The van der Waals surface area contributed by atoms with Crippen LogP contribution in [0.2, 0.25) is 0 Å². The maximum Gasteiger partial charge on any atom is 0.305 e. The molecule has 6 heteroatoms. The first-order valence-corrected chi connectivity index (χ1v) is 7.41. The van der Waals surface area contributed by atoms with Gasteiger partial charge in [0, 0.05) is 12.9 Å². The number of nitrogens with one attached hydrogen (secondary N) is 1. The van der Waals surface area contributed by atoms with E-state index in [-0.39, 0.29) is 12.3 Å². The standard InChI is InChI=1S/C14H19NO4S/c1-19-7-8-20-10-13(16)15-12(9-14(17)18)11-5-3-2-4-6-11/h2-6,12H,7-10H2,1H3,(H,15,16)(H,17,18). The minimum Gasteiger partial charge on any atom is -0.481 e. The molecular weight excluding hydrogens is 278 g/mol. The maximum atomic E-state index is 11.8. The van der Waals surface area contributed by atoms with E-state index in [4.69, 9.17) is 9.84 Å². The van der Waals surface area contributed by atoms with Gasteiger partial charge in [0.25, 0.3) is 0 Å². The van der Waals surface area contributed by atoms with Gasteiger partial charge in [-0.2, -0.15) is 0 Å². The van der Waals surface area contributed by atoms with Crippen LogP contribution in [0.25, 0.3) is 0 Å². The van der Waals surface area contributed by atoms with E-state index in [2.05, 4.69) is 5.32 Å². The minimum absolute atomic E-state index is 0.126. The van der Waals surface area contributed by atoms with E-state index < -0.39 is 12.0 Å². The minimum atomic E-state index is -0.939. The van der Waals surface area contributed by atoms with Crippen molar-refractivity contribution in [3.63, 3.8) is 0 Å². The molecule has 0 heterocycles. The van der Waals surface area contributed by atoms with Gasteiger partial charge in [-0.15, -0.1) is 11.8 Å². The molecule has 0 fully saturated rings. The second kappa shape index (κ2) is 9.39. The monoisotopic (exact) mass is 297 g/mol. The van der Waals surface area contributed by atoms with Gasteiger partial charge in [-0.3, -0.25) is 9.59 Å². The first-order valence-electron chi connectivity index (χ1n) is 6.26. The molecule has 1 aromatic rings. The van der Waals surface area contributed by atoms with Crippen LogP contribution in [0, 0.1) is 0 Å². The quantitative estimate of drug-likeness (QED) is 0.679. The van der Waals surface area contributed by atoms with Crippen molar-refractivity contribution in [1.82, 2.24) is 5.32 Å². The van der Waals surface area contributed by atoms with Gasteiger partial charge in [0.1, 0.15) is 0 Å². The zero-order chi connectivity index (χ0) is 14.8. The molecule has 0 saturated heterocycles. The van der Waals surface area contributed by atoms with Crippen LogP contribution in [-0.2, 0) is 14.3 Å². The van der Waals surface area contributed by atoms with Crippen LogP contribution in [0.4, 0.5) is 0 Å². The molecule has 20 heavy (non-hydrogen) atoms. The van der Waals surface area contributed by atoms with Gasteiger partial charge in [-0.1, -0.05) is 30.3 Å². The number of ether oxygens (including phenoxy) is 1. The number of benzene rings is 1. The number of rotatable bonds is 9. The van der Waals surface area contributed by atoms with Crippen molar-refractivity contribution in [2.45, 2.75) is 12.5 Å². The van der Waals surface area contributed by atoms with Gasteiger partial charge in [-0.05, 0) is 5.56 Å². The second-order valence-corrected chi connectivity index (χ2v) is 5.28. The number of hydrogen-bond donors (Lipinski definition) is 2. The summed E-state index contributed by atoms with van der Waals surface area (Å²) in [4.78, 5) is 22.7. The third-order valence-electron chi connectivity index (χ3n) is 2.58. The zero-order valence-corrected chi connectivity index (χ0v) is 12.2. The van der Waals surface area contributed by atoms with E-state index in [9.17, 15) is 9.59 Å². The fourth-order valence-corrected chi connectivity index (χ4v) is 2.35. The van der Waals surface area contributed by atoms with E-state index in [1.165, 1.54) is 11.8 Å². The smallest absolute Gasteiger partial charge is 0.305 e. The number of carbonyl (C=O) groups is 2. The lowest BCUT2D eigenvalue weighted by molar-refractivity contribution is -0.137. The second-order valence-electron chi connectivity index (χ2n) is 4.17. The third-order valence-corrected chi connectivity index (χ3v) is 3.50. The van der Waals surface area contributed by atoms with Crippen LogP contribution in [0.1, 0.15) is 18.0 Å². The Balaban J connectivity index is 2.52. The predicted octanol–water partition coefficient (Wildman–Crippen LogP) is 1.70. The summed E-state index contributed by atoms with van der Waals surface area (Å²) in [6.45, 7) is 0.592. The molecule has 0 aromatic heterocycles. The Morgan fingerprint density at radius 2 is 2.05 bits per heavy atom. The SMILES string of the molecule is COCCSCC(=O)NC(CC(=O)O)c1ccccc1. The molecule has 2 N–H and O–H groups in total. The first-order chi connectivity index (χ1) is 9.63. The molecule has 1 unspecified atom stereocenters. The highest BCUT2D eigenvalue weighted by molar-refractivity contribution is 7.99. The molecule has 0 spiro atoms. The zero-order valence-electron chi connectivity index (χ0n) is 11.4. The van der Waals surface area contributed by atoms with Gasteiger partial charge < -0.3 is 15.2 Å². The fourth-order valence-electron chi connectivity index (χ4n) is 1.66. The summed E-state index contributed by atoms with van der Waals surface area (Å²) in [6, 6.07) is 8.62. The fraction of sp³-hybridized carbons (Fsp3) is 0.429. The Bertz CT molecular complexity index is 424. The lowest BCUT2D eigenvalue weighted by Gasteiger charge is -2.17. The van der Waals surface area contributed by atoms with Gasteiger partial charge >= 0.3 is 5.97 Å². The summed E-state index contributed by atoms with van der Waals surface area (Å²) in [7, 11) is 1.61. The van der Waals surface area contributed by atoms with Gasteiger partial charge in [0.15, 0.2) is 0 Å². The number of amides is 1. The van der Waals surface area contributed by atoms with Crippen molar-refractivity contribution in [1.29, 1.82) is 0 Å². The van der Waals surface area contributed by atoms with Gasteiger partial charge in [-0.25, -0.2) is 0 Å². The van der Waals surface area contributed by atoms with Crippen LogP contribution in [0.15, 0.2) is 30.3 Å².